The zero-order valence-electron chi connectivity index (χ0n) is 14.6. The molecule has 0 heterocycles. The first-order valence-electron chi connectivity index (χ1n) is 9.10. The molecule has 0 saturated heterocycles. The minimum absolute atomic E-state index is 0.0368. The third kappa shape index (κ3) is 3.63. The van der Waals surface area contributed by atoms with E-state index in [0.717, 1.165) is 0 Å². The molecule has 0 radical (unpaired) electrons. The van der Waals surface area contributed by atoms with Crippen LogP contribution < -0.4 is 10.6 Å². The highest BCUT2D eigenvalue weighted by Gasteiger charge is 2.60. The molecule has 3 aliphatic rings. The van der Waals surface area contributed by atoms with Crippen LogP contribution in [0.4, 0.5) is 26.3 Å². The molecule has 0 aromatic rings. The molecule has 3 fully saturated rings. The summed E-state index contributed by atoms with van der Waals surface area (Å²) in [5.41, 5.74) is -3.78. The predicted octanol–water partition coefficient (Wildman–Crippen LogP) is 3.32. The highest BCUT2D eigenvalue weighted by Crippen LogP contribution is 2.53. The Balaban J connectivity index is 1.45. The molecule has 10 heteroatoms. The van der Waals surface area contributed by atoms with Crippen LogP contribution in [0, 0.1) is 22.7 Å². The molecule has 0 aliphatic heterocycles. The van der Waals surface area contributed by atoms with Gasteiger partial charge in [0, 0.05) is 13.1 Å². The Hall–Kier alpha value is -1.48. The maximum Gasteiger partial charge on any atom is 0.396 e. The lowest BCUT2D eigenvalue weighted by Gasteiger charge is -2.43. The summed E-state index contributed by atoms with van der Waals surface area (Å²) in [6, 6.07) is 0. The quantitative estimate of drug-likeness (QED) is 0.672. The molecule has 3 saturated carbocycles. The summed E-state index contributed by atoms with van der Waals surface area (Å²) in [6.07, 6.45) is -7.89. The van der Waals surface area contributed by atoms with Gasteiger partial charge in [-0.05, 0) is 32.1 Å². The molecule has 3 rings (SSSR count). The average Bonchev–Trinajstić information content (AvgIpc) is 3.21. The first-order valence-corrected chi connectivity index (χ1v) is 9.10. The van der Waals surface area contributed by atoms with Crippen molar-refractivity contribution < 1.29 is 35.9 Å². The molecule has 2 amide bonds. The van der Waals surface area contributed by atoms with Crippen molar-refractivity contribution in [1.82, 2.24) is 10.6 Å². The standard InChI is InChI=1S/C17H22F6N2O2/c18-16(19,20)14(3-1-4-14)8-24-12(26)10-7-11(10)13(27)25-9-15(5-2-6-15)17(21,22)23/h10-11H,1-9H2,(H,24,26)(H,25,27). The van der Waals surface area contributed by atoms with Crippen LogP contribution >= 0.6 is 0 Å². The van der Waals surface area contributed by atoms with Crippen molar-refractivity contribution in [3.05, 3.63) is 0 Å². The molecule has 2 unspecified atom stereocenters. The largest absolute Gasteiger partial charge is 0.396 e. The number of halogens is 6. The van der Waals surface area contributed by atoms with Gasteiger partial charge in [-0.2, -0.15) is 26.3 Å². The fourth-order valence-electron chi connectivity index (χ4n) is 3.88. The smallest absolute Gasteiger partial charge is 0.355 e. The number of carbonyl (C=O) groups is 2. The molecular weight excluding hydrogens is 378 g/mol. The van der Waals surface area contributed by atoms with Crippen molar-refractivity contribution in [2.45, 2.75) is 57.3 Å². The van der Waals surface area contributed by atoms with Crippen molar-refractivity contribution in [3.8, 4) is 0 Å². The number of hydrogen-bond donors (Lipinski definition) is 2. The molecule has 154 valence electrons. The highest BCUT2D eigenvalue weighted by atomic mass is 19.4. The Morgan fingerprint density at radius 1 is 0.741 bits per heavy atom. The van der Waals surface area contributed by atoms with Crippen LogP contribution in [-0.4, -0.2) is 37.3 Å². The van der Waals surface area contributed by atoms with E-state index in [2.05, 4.69) is 10.6 Å². The Labute approximate surface area is 152 Å². The monoisotopic (exact) mass is 400 g/mol. The zero-order chi connectivity index (χ0) is 20.1. The number of hydrogen-bond acceptors (Lipinski definition) is 2. The second-order valence-electron chi connectivity index (χ2n) is 8.15. The molecule has 2 atom stereocenters. The summed E-state index contributed by atoms with van der Waals surface area (Å²) in [4.78, 5) is 24.0. The minimum atomic E-state index is -4.40. The summed E-state index contributed by atoms with van der Waals surface area (Å²) in [5.74, 6) is -2.81. The van der Waals surface area contributed by atoms with Crippen LogP contribution in [0.5, 0.6) is 0 Å². The first-order chi connectivity index (χ1) is 12.4. The molecular formula is C17H22F6N2O2. The molecule has 0 aromatic carbocycles. The lowest BCUT2D eigenvalue weighted by Crippen LogP contribution is -2.52. The minimum Gasteiger partial charge on any atom is -0.355 e. The number of alkyl halides is 6. The maximum absolute atomic E-state index is 13.1. The number of nitrogens with one attached hydrogen (secondary N) is 2. The van der Waals surface area contributed by atoms with E-state index in [-0.39, 0.29) is 32.1 Å². The molecule has 3 aliphatic carbocycles. The van der Waals surface area contributed by atoms with Gasteiger partial charge in [0.2, 0.25) is 11.8 Å². The highest BCUT2D eigenvalue weighted by molar-refractivity contribution is 5.92. The lowest BCUT2D eigenvalue weighted by atomic mass is 9.68. The molecule has 27 heavy (non-hydrogen) atoms. The SMILES string of the molecule is O=C(NCC1(C(F)(F)F)CCC1)C1CC1C(=O)NCC1(C(F)(F)F)CCC1. The van der Waals surface area contributed by atoms with Crippen LogP contribution in [0.2, 0.25) is 0 Å². The van der Waals surface area contributed by atoms with E-state index in [9.17, 15) is 35.9 Å². The molecule has 0 spiro atoms. The number of amides is 2. The second kappa shape index (κ2) is 6.55. The van der Waals surface area contributed by atoms with Crippen molar-refractivity contribution in [2.24, 2.45) is 22.7 Å². The van der Waals surface area contributed by atoms with Gasteiger partial charge >= 0.3 is 12.4 Å². The summed E-state index contributed by atoms with van der Waals surface area (Å²) in [5, 5.41) is 4.56. The lowest BCUT2D eigenvalue weighted by molar-refractivity contribution is -0.248. The summed E-state index contributed by atoms with van der Waals surface area (Å²) >= 11 is 0. The zero-order valence-corrected chi connectivity index (χ0v) is 14.6. The summed E-state index contributed by atoms with van der Waals surface area (Å²) in [6.45, 7) is -1.03. The fourth-order valence-corrected chi connectivity index (χ4v) is 3.88. The van der Waals surface area contributed by atoms with Crippen molar-refractivity contribution >= 4 is 11.8 Å². The van der Waals surface area contributed by atoms with Crippen molar-refractivity contribution in [1.29, 1.82) is 0 Å². The summed E-state index contributed by atoms with van der Waals surface area (Å²) < 4.78 is 78.4. The fraction of sp³-hybridized carbons (Fsp3) is 0.882. The number of rotatable bonds is 6. The molecule has 0 bridgehead atoms. The third-order valence-electron chi connectivity index (χ3n) is 6.49. The van der Waals surface area contributed by atoms with E-state index in [0.29, 0.717) is 12.8 Å². The average molecular weight is 400 g/mol. The first kappa shape index (κ1) is 20.3. The Kier molecular flexibility index (Phi) is 4.91. The van der Waals surface area contributed by atoms with Gasteiger partial charge in [0.25, 0.3) is 0 Å². The van der Waals surface area contributed by atoms with Crippen molar-refractivity contribution in [2.75, 3.05) is 13.1 Å². The van der Waals surface area contributed by atoms with Crippen LogP contribution in [0.25, 0.3) is 0 Å². The van der Waals surface area contributed by atoms with E-state index in [1.807, 2.05) is 0 Å². The van der Waals surface area contributed by atoms with Crippen LogP contribution in [0.3, 0.4) is 0 Å². The second-order valence-corrected chi connectivity index (χ2v) is 8.15. The van der Waals surface area contributed by atoms with Crippen LogP contribution in [0.1, 0.15) is 44.9 Å². The van der Waals surface area contributed by atoms with Gasteiger partial charge in [-0.25, -0.2) is 0 Å². The van der Waals surface area contributed by atoms with E-state index in [1.165, 1.54) is 0 Å². The van der Waals surface area contributed by atoms with E-state index in [4.69, 9.17) is 0 Å². The number of carbonyl (C=O) groups excluding carboxylic acids is 2. The Morgan fingerprint density at radius 2 is 1.07 bits per heavy atom. The molecule has 2 N–H and O–H groups in total. The van der Waals surface area contributed by atoms with Crippen LogP contribution in [-0.2, 0) is 9.59 Å². The van der Waals surface area contributed by atoms with E-state index in [1.54, 1.807) is 0 Å². The van der Waals surface area contributed by atoms with Crippen molar-refractivity contribution in [3.63, 3.8) is 0 Å². The van der Waals surface area contributed by atoms with Gasteiger partial charge < -0.3 is 10.6 Å². The normalized spacial score (nSPS) is 28.5. The molecule has 4 nitrogen and oxygen atoms in total. The van der Waals surface area contributed by atoms with Gasteiger partial charge in [0.1, 0.15) is 0 Å². The molecule has 0 aromatic heterocycles. The Bertz CT molecular complexity index is 556. The topological polar surface area (TPSA) is 58.2 Å². The third-order valence-corrected chi connectivity index (χ3v) is 6.49. The summed E-state index contributed by atoms with van der Waals surface area (Å²) in [7, 11) is 0. The van der Waals surface area contributed by atoms with Gasteiger partial charge in [0.05, 0.1) is 22.7 Å². The maximum atomic E-state index is 13.1. The predicted molar refractivity (Wildman–Crippen MR) is 82.3 cm³/mol. The van der Waals surface area contributed by atoms with Crippen LogP contribution in [0.15, 0.2) is 0 Å². The van der Waals surface area contributed by atoms with E-state index >= 15 is 0 Å². The van der Waals surface area contributed by atoms with E-state index < -0.39 is 59.9 Å². The van der Waals surface area contributed by atoms with Gasteiger partial charge in [-0.1, -0.05) is 12.8 Å². The van der Waals surface area contributed by atoms with Gasteiger partial charge in [0.15, 0.2) is 0 Å². The Morgan fingerprint density at radius 3 is 1.30 bits per heavy atom. The van der Waals surface area contributed by atoms with Gasteiger partial charge in [-0.3, -0.25) is 9.59 Å². The van der Waals surface area contributed by atoms with Gasteiger partial charge in [-0.15, -0.1) is 0 Å².